The first kappa shape index (κ1) is 15.9. The van der Waals surface area contributed by atoms with Crippen molar-refractivity contribution in [3.05, 3.63) is 81.5 Å². The van der Waals surface area contributed by atoms with E-state index >= 15 is 0 Å². The molecule has 0 aliphatic carbocycles. The van der Waals surface area contributed by atoms with Gasteiger partial charge in [-0.1, -0.05) is 12.1 Å². The van der Waals surface area contributed by atoms with Gasteiger partial charge in [0.05, 0.1) is 12.1 Å². The van der Waals surface area contributed by atoms with E-state index in [0.29, 0.717) is 6.42 Å². The Morgan fingerprint density at radius 2 is 2.08 bits per heavy atom. The molecule has 0 radical (unpaired) electrons. The number of hydrogen-bond acceptors (Lipinski definition) is 4. The van der Waals surface area contributed by atoms with E-state index < -0.39 is 5.97 Å². The number of ether oxygens (including phenoxy) is 1. The molecule has 0 saturated carbocycles. The maximum absolute atomic E-state index is 12.5. The highest BCUT2D eigenvalue weighted by atomic mass is 16.5. The first-order valence-corrected chi connectivity index (χ1v) is 7.82. The van der Waals surface area contributed by atoms with Crippen LogP contribution in [0.15, 0.2) is 53.6 Å². The van der Waals surface area contributed by atoms with Crippen LogP contribution in [-0.2, 0) is 11.2 Å². The molecule has 0 aliphatic heterocycles. The monoisotopic (exact) mass is 322 g/mol. The Bertz CT molecular complexity index is 943. The van der Waals surface area contributed by atoms with E-state index in [0.717, 1.165) is 22.3 Å². The fourth-order valence-electron chi connectivity index (χ4n) is 2.62. The number of aryl methyl sites for hydroxylation is 1. The van der Waals surface area contributed by atoms with Gasteiger partial charge in [0.25, 0.3) is 5.56 Å². The molecule has 0 bridgehead atoms. The minimum absolute atomic E-state index is 0.0441. The number of aromatic nitrogens is 2. The fraction of sp³-hybridized carbons (Fsp3) is 0.211. The summed E-state index contributed by atoms with van der Waals surface area (Å²) in [6, 6.07) is 11.1. The lowest BCUT2D eigenvalue weighted by atomic mass is 10.1. The second kappa shape index (κ2) is 6.66. The van der Waals surface area contributed by atoms with Gasteiger partial charge in [0, 0.05) is 24.5 Å². The zero-order valence-electron chi connectivity index (χ0n) is 13.7. The van der Waals surface area contributed by atoms with Gasteiger partial charge in [0.1, 0.15) is 5.56 Å². The van der Waals surface area contributed by atoms with Gasteiger partial charge in [0.2, 0.25) is 0 Å². The summed E-state index contributed by atoms with van der Waals surface area (Å²) in [7, 11) is 0. The van der Waals surface area contributed by atoms with Gasteiger partial charge >= 0.3 is 5.97 Å². The molecule has 5 nitrogen and oxygen atoms in total. The molecular formula is C19H18N2O3. The minimum Gasteiger partial charge on any atom is -0.462 e. The van der Waals surface area contributed by atoms with Crippen LogP contribution in [0.1, 0.15) is 34.1 Å². The molecule has 5 heteroatoms. The van der Waals surface area contributed by atoms with Gasteiger partial charge in [-0.2, -0.15) is 0 Å². The molecule has 122 valence electrons. The van der Waals surface area contributed by atoms with Crippen LogP contribution in [0.2, 0.25) is 0 Å². The quantitative estimate of drug-likeness (QED) is 0.693. The van der Waals surface area contributed by atoms with Crippen LogP contribution >= 0.6 is 0 Å². The van der Waals surface area contributed by atoms with Gasteiger partial charge < -0.3 is 4.74 Å². The van der Waals surface area contributed by atoms with Crippen molar-refractivity contribution in [2.75, 3.05) is 6.61 Å². The summed E-state index contributed by atoms with van der Waals surface area (Å²) in [5.41, 5.74) is 3.25. The largest absolute Gasteiger partial charge is 0.462 e. The van der Waals surface area contributed by atoms with Crippen LogP contribution < -0.4 is 5.56 Å². The molecule has 3 aromatic rings. The van der Waals surface area contributed by atoms with Crippen LogP contribution in [0.3, 0.4) is 0 Å². The van der Waals surface area contributed by atoms with Gasteiger partial charge in [-0.25, -0.2) is 4.79 Å². The van der Waals surface area contributed by atoms with E-state index in [4.69, 9.17) is 4.74 Å². The molecule has 0 saturated heterocycles. The zero-order valence-corrected chi connectivity index (χ0v) is 13.7. The SMILES string of the molecule is CCOC(=O)c1cc(Cc2ccc(C)cn2)c2ccccn2c1=O. The van der Waals surface area contributed by atoms with Crippen LogP contribution in [0.4, 0.5) is 0 Å². The fourth-order valence-corrected chi connectivity index (χ4v) is 2.62. The molecule has 0 spiro atoms. The lowest BCUT2D eigenvalue weighted by molar-refractivity contribution is 0.0524. The van der Waals surface area contributed by atoms with Crippen molar-refractivity contribution in [1.29, 1.82) is 0 Å². The predicted molar refractivity (Wildman–Crippen MR) is 91.4 cm³/mol. The van der Waals surface area contributed by atoms with E-state index in [-0.39, 0.29) is 17.7 Å². The van der Waals surface area contributed by atoms with E-state index in [1.165, 1.54) is 4.40 Å². The Morgan fingerprint density at radius 3 is 2.79 bits per heavy atom. The number of carbonyl (C=O) groups is 1. The number of pyridine rings is 3. The van der Waals surface area contributed by atoms with Crippen LogP contribution in [0.25, 0.3) is 5.52 Å². The number of rotatable bonds is 4. The van der Waals surface area contributed by atoms with Crippen molar-refractivity contribution in [3.8, 4) is 0 Å². The van der Waals surface area contributed by atoms with Crippen molar-refractivity contribution in [1.82, 2.24) is 9.38 Å². The predicted octanol–water partition coefficient (Wildman–Crippen LogP) is 2.77. The highest BCUT2D eigenvalue weighted by Crippen LogP contribution is 2.15. The van der Waals surface area contributed by atoms with Crippen molar-refractivity contribution in [2.45, 2.75) is 20.3 Å². The standard InChI is InChI=1S/C19H18N2O3/c1-3-24-19(23)16-11-14(10-15-8-7-13(2)12-20-15)17-6-4-5-9-21(17)18(16)22/h4-9,11-12H,3,10H2,1-2H3. The Balaban J connectivity index is 2.15. The third-order valence-electron chi connectivity index (χ3n) is 3.80. The van der Waals surface area contributed by atoms with Crippen molar-refractivity contribution in [2.24, 2.45) is 0 Å². The molecule has 24 heavy (non-hydrogen) atoms. The first-order chi connectivity index (χ1) is 11.6. The lowest BCUT2D eigenvalue weighted by Gasteiger charge is -2.10. The van der Waals surface area contributed by atoms with E-state index in [1.54, 1.807) is 31.5 Å². The first-order valence-electron chi connectivity index (χ1n) is 7.82. The molecule has 0 N–H and O–H groups in total. The van der Waals surface area contributed by atoms with Gasteiger partial charge in [-0.15, -0.1) is 0 Å². The highest BCUT2D eigenvalue weighted by Gasteiger charge is 2.16. The maximum Gasteiger partial charge on any atom is 0.343 e. The highest BCUT2D eigenvalue weighted by molar-refractivity contribution is 5.90. The molecule has 3 aromatic heterocycles. The van der Waals surface area contributed by atoms with Gasteiger partial charge in [-0.3, -0.25) is 14.2 Å². The number of esters is 1. The zero-order chi connectivity index (χ0) is 17.1. The molecule has 0 amide bonds. The summed E-state index contributed by atoms with van der Waals surface area (Å²) in [4.78, 5) is 29.1. The summed E-state index contributed by atoms with van der Waals surface area (Å²) in [5.74, 6) is -0.598. The second-order valence-electron chi connectivity index (χ2n) is 5.57. The van der Waals surface area contributed by atoms with Crippen LogP contribution in [-0.4, -0.2) is 22.0 Å². The third kappa shape index (κ3) is 3.06. The number of fused-ring (bicyclic) bond motifs is 1. The average molecular weight is 322 g/mol. The maximum atomic E-state index is 12.5. The lowest BCUT2D eigenvalue weighted by Crippen LogP contribution is -2.24. The number of nitrogens with zero attached hydrogens (tertiary/aromatic N) is 2. The summed E-state index contributed by atoms with van der Waals surface area (Å²) >= 11 is 0. The third-order valence-corrected chi connectivity index (χ3v) is 3.80. The minimum atomic E-state index is -0.598. The summed E-state index contributed by atoms with van der Waals surface area (Å²) < 4.78 is 6.49. The Morgan fingerprint density at radius 1 is 1.25 bits per heavy atom. The van der Waals surface area contributed by atoms with Crippen LogP contribution in [0, 0.1) is 6.92 Å². The molecule has 0 unspecified atom stereocenters. The molecule has 0 fully saturated rings. The molecule has 3 rings (SSSR count). The second-order valence-corrected chi connectivity index (χ2v) is 5.57. The molecular weight excluding hydrogens is 304 g/mol. The number of carbonyl (C=O) groups excluding carboxylic acids is 1. The van der Waals surface area contributed by atoms with Gasteiger partial charge in [0.15, 0.2) is 0 Å². The van der Waals surface area contributed by atoms with Gasteiger partial charge in [-0.05, 0) is 49.2 Å². The molecule has 0 atom stereocenters. The Labute approximate surface area is 139 Å². The normalized spacial score (nSPS) is 10.8. The molecule has 0 aliphatic rings. The Hall–Kier alpha value is -2.95. The van der Waals surface area contributed by atoms with Crippen molar-refractivity contribution in [3.63, 3.8) is 0 Å². The smallest absolute Gasteiger partial charge is 0.343 e. The summed E-state index contributed by atoms with van der Waals surface area (Å²) in [5, 5.41) is 0. The topological polar surface area (TPSA) is 60.7 Å². The molecule has 3 heterocycles. The Kier molecular flexibility index (Phi) is 4.42. The van der Waals surface area contributed by atoms with Crippen LogP contribution in [0.5, 0.6) is 0 Å². The van der Waals surface area contributed by atoms with E-state index in [1.807, 2.05) is 31.2 Å². The van der Waals surface area contributed by atoms with Crippen molar-refractivity contribution >= 4 is 11.5 Å². The molecule has 0 aromatic carbocycles. The van der Waals surface area contributed by atoms with E-state index in [2.05, 4.69) is 4.98 Å². The summed E-state index contributed by atoms with van der Waals surface area (Å²) in [6.45, 7) is 3.92. The number of hydrogen-bond donors (Lipinski definition) is 0. The van der Waals surface area contributed by atoms with Crippen molar-refractivity contribution < 1.29 is 9.53 Å². The average Bonchev–Trinajstić information content (AvgIpc) is 2.59. The summed E-state index contributed by atoms with van der Waals surface area (Å²) in [6.07, 6.45) is 3.99. The van der Waals surface area contributed by atoms with E-state index in [9.17, 15) is 9.59 Å².